The molecule has 0 saturated carbocycles. The number of hydrogen-bond acceptors (Lipinski definition) is 5. The van der Waals surface area contributed by atoms with Crippen LogP contribution in [0, 0.1) is 0 Å². The van der Waals surface area contributed by atoms with Crippen LogP contribution in [0.4, 0.5) is 0 Å². The molecular weight excluding hydrogens is 342 g/mol. The van der Waals surface area contributed by atoms with Gasteiger partial charge >= 0.3 is 0 Å². The number of nitrogens with zero attached hydrogens (tertiary/aromatic N) is 1. The molecule has 1 atom stereocenters. The molecule has 25 heavy (non-hydrogen) atoms. The second-order valence-corrected chi connectivity index (χ2v) is 7.51. The normalized spacial score (nSPS) is 18.2. The van der Waals surface area contributed by atoms with Gasteiger partial charge in [-0.3, -0.25) is 9.79 Å². The number of hydrogen-bond donors (Lipinski definition) is 2. The Labute approximate surface area is 153 Å². The number of aliphatic imine (C=N–C) groups is 1. The van der Waals surface area contributed by atoms with Crippen molar-refractivity contribution < 1.29 is 14.6 Å². The van der Waals surface area contributed by atoms with Crippen molar-refractivity contribution in [3.05, 3.63) is 34.3 Å². The highest BCUT2D eigenvalue weighted by atomic mass is 35.5. The molecule has 0 aromatic heterocycles. The molecule has 2 rings (SSSR count). The highest BCUT2D eigenvalue weighted by Crippen LogP contribution is 2.18. The molecule has 0 radical (unpaired) electrons. The van der Waals surface area contributed by atoms with E-state index in [-0.39, 0.29) is 18.5 Å². The van der Waals surface area contributed by atoms with Gasteiger partial charge in [-0.2, -0.15) is 0 Å². The molecular formula is C18H25ClN3O3-. The Morgan fingerprint density at radius 1 is 1.44 bits per heavy atom. The van der Waals surface area contributed by atoms with Gasteiger partial charge in [0.2, 0.25) is 5.91 Å². The molecule has 1 amide bonds. The number of rotatable bonds is 5. The Bertz CT molecular complexity index is 635. The molecule has 1 aromatic rings. The first kappa shape index (κ1) is 19.5. The number of carbonyl (C=O) groups excluding carboxylic acids is 1. The Hall–Kier alpha value is -1.79. The van der Waals surface area contributed by atoms with Gasteiger partial charge in [-0.1, -0.05) is 38.4 Å². The maximum absolute atomic E-state index is 12.1. The van der Waals surface area contributed by atoms with Crippen LogP contribution < -0.4 is 15.7 Å². The smallest absolute Gasteiger partial charge is 0.237 e. The van der Waals surface area contributed by atoms with E-state index >= 15 is 0 Å². The van der Waals surface area contributed by atoms with E-state index in [0.29, 0.717) is 11.6 Å². The van der Waals surface area contributed by atoms with Crippen molar-refractivity contribution in [3.8, 4) is 0 Å². The zero-order valence-corrected chi connectivity index (χ0v) is 15.7. The fourth-order valence-corrected chi connectivity index (χ4v) is 2.77. The largest absolute Gasteiger partial charge is 0.595 e. The van der Waals surface area contributed by atoms with Gasteiger partial charge in [0.15, 0.2) is 0 Å². The molecule has 0 aliphatic carbocycles. The van der Waals surface area contributed by atoms with E-state index in [2.05, 4.69) is 15.6 Å². The van der Waals surface area contributed by atoms with Crippen LogP contribution >= 0.6 is 11.6 Å². The van der Waals surface area contributed by atoms with Gasteiger partial charge < -0.3 is 20.5 Å². The third-order valence-corrected chi connectivity index (χ3v) is 4.01. The third-order valence-electron chi connectivity index (χ3n) is 3.77. The summed E-state index contributed by atoms with van der Waals surface area (Å²) in [4.78, 5) is 16.1. The molecule has 6 nitrogen and oxygen atoms in total. The standard InChI is InChI=1S/C18H26ClN3O3/c1-18(2,3)25-17(24)22-10-12-6-7-14(19)9-13(12)11-21-16(23)15-5-4-8-20-15/h6-7,9,15,20H,4-5,8,10-11H2,1-3H3,(H,21,23)(H,22,24)/p-1/t15-/m0/s1. The van der Waals surface area contributed by atoms with E-state index < -0.39 is 11.7 Å². The molecule has 1 aliphatic rings. The molecule has 2 N–H and O–H groups in total. The van der Waals surface area contributed by atoms with Crippen molar-refractivity contribution in [1.29, 1.82) is 0 Å². The monoisotopic (exact) mass is 366 g/mol. The van der Waals surface area contributed by atoms with Gasteiger partial charge in [0.25, 0.3) is 0 Å². The fraction of sp³-hybridized carbons (Fsp3) is 0.556. The predicted octanol–water partition coefficient (Wildman–Crippen LogP) is 1.74. The Kier molecular flexibility index (Phi) is 6.67. The van der Waals surface area contributed by atoms with Crippen LogP contribution in [0.3, 0.4) is 0 Å². The van der Waals surface area contributed by atoms with Crippen molar-refractivity contribution in [1.82, 2.24) is 10.6 Å². The average Bonchev–Trinajstić information content (AvgIpc) is 3.04. The first-order chi connectivity index (χ1) is 11.7. The molecule has 0 bridgehead atoms. The maximum atomic E-state index is 12.1. The molecule has 1 aliphatic heterocycles. The summed E-state index contributed by atoms with van der Waals surface area (Å²) in [5, 5.41) is 18.4. The molecule has 1 fully saturated rings. The predicted molar refractivity (Wildman–Crippen MR) is 96.3 cm³/mol. The van der Waals surface area contributed by atoms with Crippen molar-refractivity contribution in [2.75, 3.05) is 6.54 Å². The second-order valence-electron chi connectivity index (χ2n) is 7.08. The van der Waals surface area contributed by atoms with E-state index in [0.717, 1.165) is 30.5 Å². The van der Waals surface area contributed by atoms with E-state index in [9.17, 15) is 9.90 Å². The van der Waals surface area contributed by atoms with Gasteiger partial charge in [0, 0.05) is 17.2 Å². The first-order valence-electron chi connectivity index (χ1n) is 8.43. The van der Waals surface area contributed by atoms with Gasteiger partial charge in [0.1, 0.15) is 6.08 Å². The summed E-state index contributed by atoms with van der Waals surface area (Å²) in [5.74, 6) is -0.0208. The van der Waals surface area contributed by atoms with Crippen LogP contribution in [-0.4, -0.2) is 30.2 Å². The van der Waals surface area contributed by atoms with Crippen LogP contribution in [-0.2, 0) is 22.6 Å². The van der Waals surface area contributed by atoms with Gasteiger partial charge in [-0.15, -0.1) is 0 Å². The molecule has 0 unspecified atom stereocenters. The molecule has 1 aromatic carbocycles. The number of benzene rings is 1. The lowest BCUT2D eigenvalue weighted by Gasteiger charge is -2.29. The molecule has 138 valence electrons. The van der Waals surface area contributed by atoms with Gasteiger partial charge in [0.05, 0.1) is 12.6 Å². The van der Waals surface area contributed by atoms with Crippen molar-refractivity contribution in [3.63, 3.8) is 0 Å². The Balaban J connectivity index is 2.01. The van der Waals surface area contributed by atoms with Gasteiger partial charge in [-0.05, 0) is 42.6 Å². The summed E-state index contributed by atoms with van der Waals surface area (Å²) < 4.78 is 5.18. The van der Waals surface area contributed by atoms with Crippen molar-refractivity contribution in [2.45, 2.75) is 58.3 Å². The van der Waals surface area contributed by atoms with E-state index in [1.165, 1.54) is 0 Å². The van der Waals surface area contributed by atoms with E-state index in [4.69, 9.17) is 16.3 Å². The highest BCUT2D eigenvalue weighted by Gasteiger charge is 2.21. The fourth-order valence-electron chi connectivity index (χ4n) is 2.57. The Morgan fingerprint density at radius 2 is 2.20 bits per heavy atom. The summed E-state index contributed by atoms with van der Waals surface area (Å²) in [7, 11) is 0. The summed E-state index contributed by atoms with van der Waals surface area (Å²) in [5.41, 5.74) is 1.09. The molecule has 0 spiro atoms. The topological polar surface area (TPSA) is 85.8 Å². The molecule has 1 saturated heterocycles. The van der Waals surface area contributed by atoms with Crippen LogP contribution in [0.15, 0.2) is 23.2 Å². The van der Waals surface area contributed by atoms with Crippen molar-refractivity contribution >= 4 is 23.6 Å². The minimum absolute atomic E-state index is 0.0208. The molecule has 7 heteroatoms. The van der Waals surface area contributed by atoms with E-state index in [1.807, 2.05) is 6.07 Å². The third kappa shape index (κ3) is 6.55. The van der Waals surface area contributed by atoms with Crippen molar-refractivity contribution in [2.24, 2.45) is 4.99 Å². The van der Waals surface area contributed by atoms with Crippen LogP contribution in [0.25, 0.3) is 0 Å². The second kappa shape index (κ2) is 8.54. The number of nitrogens with one attached hydrogen (secondary N) is 2. The lowest BCUT2D eigenvalue weighted by molar-refractivity contribution is -0.260. The number of carbonyl (C=O) groups is 1. The minimum atomic E-state index is -0.604. The lowest BCUT2D eigenvalue weighted by atomic mass is 10.1. The number of amides is 1. The SMILES string of the molecule is CC(C)(C)OC([O-])=NCc1ccc(Cl)cc1CNC(=O)[C@@H]1CCCN1. The van der Waals surface area contributed by atoms with E-state index in [1.54, 1.807) is 32.9 Å². The Morgan fingerprint density at radius 3 is 2.84 bits per heavy atom. The van der Waals surface area contributed by atoms with Crippen LogP contribution in [0.1, 0.15) is 44.7 Å². The van der Waals surface area contributed by atoms with Gasteiger partial charge in [-0.25, -0.2) is 0 Å². The highest BCUT2D eigenvalue weighted by molar-refractivity contribution is 6.30. The quantitative estimate of drug-likeness (QED) is 0.614. The number of ether oxygens (including phenoxy) is 1. The summed E-state index contributed by atoms with van der Waals surface area (Å²) >= 11 is 6.06. The first-order valence-corrected chi connectivity index (χ1v) is 8.81. The minimum Gasteiger partial charge on any atom is -0.595 e. The van der Waals surface area contributed by atoms with Crippen LogP contribution in [0.2, 0.25) is 5.02 Å². The summed E-state index contributed by atoms with van der Waals surface area (Å²) in [6.45, 7) is 6.77. The molecule has 1 heterocycles. The maximum Gasteiger partial charge on any atom is 0.237 e. The number of halogens is 1. The summed E-state index contributed by atoms with van der Waals surface area (Å²) in [6.07, 6.45) is 1.25. The lowest BCUT2D eigenvalue weighted by Crippen LogP contribution is -2.40. The zero-order chi connectivity index (χ0) is 18.4. The summed E-state index contributed by atoms with van der Waals surface area (Å²) in [6, 6.07) is 5.20. The zero-order valence-electron chi connectivity index (χ0n) is 14.9. The van der Waals surface area contributed by atoms with Crippen LogP contribution in [0.5, 0.6) is 0 Å². The average molecular weight is 367 g/mol.